The molecule has 1 aromatic heterocycles. The predicted octanol–water partition coefficient (Wildman–Crippen LogP) is 4.16. The fourth-order valence-electron chi connectivity index (χ4n) is 3.56. The highest BCUT2D eigenvalue weighted by atomic mass is 32.2. The summed E-state index contributed by atoms with van der Waals surface area (Å²) in [7, 11) is -1.16. The average molecular weight is 359 g/mol. The molecular weight excluding hydrogens is 334 g/mol. The van der Waals surface area contributed by atoms with Crippen molar-refractivity contribution >= 4 is 16.7 Å². The van der Waals surface area contributed by atoms with Crippen molar-refractivity contribution in [3.8, 4) is 0 Å². The number of hydrogen-bond acceptors (Lipinski definition) is 3. The first kappa shape index (κ1) is 17.9. The lowest BCUT2D eigenvalue weighted by Crippen LogP contribution is -2.36. The largest absolute Gasteiger partial charge is 0.466 e. The smallest absolute Gasteiger partial charge is 0.252 e. The van der Waals surface area contributed by atoms with E-state index in [0.717, 1.165) is 29.9 Å². The minimum Gasteiger partial charge on any atom is -0.466 e. The Kier molecular flexibility index (Phi) is 4.87. The third-order valence-corrected chi connectivity index (χ3v) is 6.05. The number of carbonyl (C=O) groups excluding carboxylic acids is 1. The molecule has 3 rings (SSSR count). The van der Waals surface area contributed by atoms with Gasteiger partial charge in [-0.3, -0.25) is 9.00 Å². The van der Waals surface area contributed by atoms with E-state index in [4.69, 9.17) is 4.42 Å². The highest BCUT2D eigenvalue weighted by Gasteiger charge is 2.36. The second-order valence-electron chi connectivity index (χ2n) is 7.44. The Morgan fingerprint density at radius 2 is 2.08 bits per heavy atom. The lowest BCUT2D eigenvalue weighted by atomic mass is 9.74. The van der Waals surface area contributed by atoms with Crippen LogP contribution in [0, 0.1) is 12.3 Å². The number of amides is 1. The maximum absolute atomic E-state index is 12.9. The molecule has 1 amide bonds. The van der Waals surface area contributed by atoms with Crippen LogP contribution >= 0.6 is 0 Å². The van der Waals surface area contributed by atoms with Gasteiger partial charge in [0.1, 0.15) is 11.5 Å². The summed E-state index contributed by atoms with van der Waals surface area (Å²) in [5, 5.41) is 3.15. The molecule has 0 saturated heterocycles. The van der Waals surface area contributed by atoms with Crippen LogP contribution in [0.15, 0.2) is 39.6 Å². The molecule has 2 atom stereocenters. The third kappa shape index (κ3) is 3.71. The molecule has 2 aromatic rings. The third-order valence-electron chi connectivity index (χ3n) is 4.68. The molecule has 0 spiro atoms. The second-order valence-corrected chi connectivity index (χ2v) is 9.15. The Bertz CT molecular complexity index is 822. The van der Waals surface area contributed by atoms with Gasteiger partial charge in [-0.2, -0.15) is 0 Å². The first-order chi connectivity index (χ1) is 11.8. The number of benzene rings is 1. The first-order valence-electron chi connectivity index (χ1n) is 8.68. The van der Waals surface area contributed by atoms with Gasteiger partial charge in [0.25, 0.3) is 5.91 Å². The summed E-state index contributed by atoms with van der Waals surface area (Å²) in [6.07, 6.45) is 1.72. The van der Waals surface area contributed by atoms with Gasteiger partial charge in [-0.05, 0) is 37.0 Å². The zero-order chi connectivity index (χ0) is 18.2. The van der Waals surface area contributed by atoms with Crippen LogP contribution in [-0.4, -0.2) is 15.9 Å². The predicted molar refractivity (Wildman–Crippen MR) is 99.1 cm³/mol. The Labute approximate surface area is 151 Å². The van der Waals surface area contributed by atoms with E-state index >= 15 is 0 Å². The molecule has 0 saturated carbocycles. The molecular formula is C20H25NO3S. The number of furan rings is 1. The molecule has 1 aliphatic carbocycles. The standard InChI is InChI=1S/C20H25NO3S/c1-5-25(23)18-9-7-6-8-14(18)19(22)21-16-11-20(3,4)12-17-15(16)10-13(2)24-17/h6-10,16H,5,11-12H2,1-4H3,(H,21,22). The van der Waals surface area contributed by atoms with Crippen molar-refractivity contribution in [2.24, 2.45) is 5.41 Å². The van der Waals surface area contributed by atoms with Crippen molar-refractivity contribution in [2.45, 2.75) is 51.5 Å². The van der Waals surface area contributed by atoms with E-state index in [1.165, 1.54) is 0 Å². The van der Waals surface area contributed by atoms with Gasteiger partial charge in [-0.25, -0.2) is 0 Å². The van der Waals surface area contributed by atoms with Crippen LogP contribution in [0.2, 0.25) is 0 Å². The molecule has 25 heavy (non-hydrogen) atoms. The summed E-state index contributed by atoms with van der Waals surface area (Å²) in [5.41, 5.74) is 1.62. The lowest BCUT2D eigenvalue weighted by Gasteiger charge is -2.34. The molecule has 134 valence electrons. The Hall–Kier alpha value is -1.88. The van der Waals surface area contributed by atoms with Crippen LogP contribution in [0.1, 0.15) is 60.7 Å². The van der Waals surface area contributed by atoms with Gasteiger partial charge < -0.3 is 9.73 Å². The summed E-state index contributed by atoms with van der Waals surface area (Å²) < 4.78 is 18.1. The van der Waals surface area contributed by atoms with Gasteiger partial charge in [0.05, 0.1) is 27.3 Å². The van der Waals surface area contributed by atoms with Gasteiger partial charge in [-0.15, -0.1) is 0 Å². The van der Waals surface area contributed by atoms with Crippen LogP contribution in [0.25, 0.3) is 0 Å². The highest BCUT2D eigenvalue weighted by molar-refractivity contribution is 7.85. The number of nitrogens with one attached hydrogen (secondary N) is 1. The second kappa shape index (κ2) is 6.79. The van der Waals surface area contributed by atoms with E-state index < -0.39 is 10.8 Å². The summed E-state index contributed by atoms with van der Waals surface area (Å²) >= 11 is 0. The summed E-state index contributed by atoms with van der Waals surface area (Å²) in [6.45, 7) is 8.17. The van der Waals surface area contributed by atoms with Gasteiger partial charge in [-0.1, -0.05) is 32.9 Å². The van der Waals surface area contributed by atoms with Crippen molar-refractivity contribution in [1.82, 2.24) is 5.32 Å². The van der Waals surface area contributed by atoms with Crippen LogP contribution < -0.4 is 5.32 Å². The lowest BCUT2D eigenvalue weighted by molar-refractivity contribution is 0.0914. The van der Waals surface area contributed by atoms with Crippen molar-refractivity contribution < 1.29 is 13.4 Å². The number of carbonyl (C=O) groups is 1. The number of aryl methyl sites for hydroxylation is 1. The van der Waals surface area contributed by atoms with Crippen LogP contribution in [-0.2, 0) is 17.2 Å². The number of hydrogen-bond donors (Lipinski definition) is 1. The summed E-state index contributed by atoms with van der Waals surface area (Å²) in [4.78, 5) is 13.5. The first-order valence-corrected chi connectivity index (χ1v) is 10.00. The Morgan fingerprint density at radius 1 is 1.36 bits per heavy atom. The van der Waals surface area contributed by atoms with Gasteiger partial charge in [0.2, 0.25) is 0 Å². The van der Waals surface area contributed by atoms with E-state index in [-0.39, 0.29) is 17.4 Å². The highest BCUT2D eigenvalue weighted by Crippen LogP contribution is 2.42. The zero-order valence-corrected chi connectivity index (χ0v) is 16.0. The molecule has 5 heteroatoms. The van der Waals surface area contributed by atoms with E-state index in [1.54, 1.807) is 12.1 Å². The molecule has 4 nitrogen and oxygen atoms in total. The van der Waals surface area contributed by atoms with Gasteiger partial charge >= 0.3 is 0 Å². The molecule has 1 N–H and O–H groups in total. The fraction of sp³-hybridized carbons (Fsp3) is 0.450. The minimum atomic E-state index is -1.16. The Morgan fingerprint density at radius 3 is 2.80 bits per heavy atom. The summed E-state index contributed by atoms with van der Waals surface area (Å²) in [6, 6.07) is 9.07. The van der Waals surface area contributed by atoms with Crippen LogP contribution in [0.5, 0.6) is 0 Å². The van der Waals surface area contributed by atoms with Crippen LogP contribution in [0.4, 0.5) is 0 Å². The van der Waals surface area contributed by atoms with Crippen molar-refractivity contribution in [3.05, 3.63) is 53.0 Å². The normalized spacial score (nSPS) is 19.9. The minimum absolute atomic E-state index is 0.0565. The SMILES string of the molecule is CCS(=O)c1ccccc1C(=O)NC1CC(C)(C)Cc2oc(C)cc21. The van der Waals surface area contributed by atoms with E-state index in [2.05, 4.69) is 19.2 Å². The molecule has 1 heterocycles. The van der Waals surface area contributed by atoms with E-state index in [1.807, 2.05) is 32.0 Å². The van der Waals surface area contributed by atoms with Crippen molar-refractivity contribution in [1.29, 1.82) is 0 Å². The molecule has 0 bridgehead atoms. The zero-order valence-electron chi connectivity index (χ0n) is 15.2. The van der Waals surface area contributed by atoms with Crippen LogP contribution in [0.3, 0.4) is 0 Å². The molecule has 1 aromatic carbocycles. The monoisotopic (exact) mass is 359 g/mol. The fourth-order valence-corrected chi connectivity index (χ4v) is 4.51. The maximum Gasteiger partial charge on any atom is 0.252 e. The van der Waals surface area contributed by atoms with Crippen molar-refractivity contribution in [3.63, 3.8) is 0 Å². The quantitative estimate of drug-likeness (QED) is 0.892. The molecule has 0 radical (unpaired) electrons. The maximum atomic E-state index is 12.9. The van der Waals surface area contributed by atoms with Crippen molar-refractivity contribution in [2.75, 3.05) is 5.75 Å². The topological polar surface area (TPSA) is 59.3 Å². The van der Waals surface area contributed by atoms with E-state index in [0.29, 0.717) is 16.2 Å². The average Bonchev–Trinajstić information content (AvgIpc) is 2.93. The van der Waals surface area contributed by atoms with E-state index in [9.17, 15) is 9.00 Å². The molecule has 0 fully saturated rings. The summed E-state index contributed by atoms with van der Waals surface area (Å²) in [5.74, 6) is 2.15. The van der Waals surface area contributed by atoms with Gasteiger partial charge in [0.15, 0.2) is 0 Å². The Balaban J connectivity index is 1.90. The molecule has 2 unspecified atom stereocenters. The number of rotatable bonds is 4. The molecule has 1 aliphatic rings. The number of fused-ring (bicyclic) bond motifs is 1. The molecule has 0 aliphatic heterocycles. The van der Waals surface area contributed by atoms with Gasteiger partial charge in [0, 0.05) is 17.7 Å².